The van der Waals surface area contributed by atoms with Crippen molar-refractivity contribution >= 4 is 39.0 Å². The second kappa shape index (κ2) is 10.3. The summed E-state index contributed by atoms with van der Waals surface area (Å²) < 4.78 is 36.9. The minimum absolute atomic E-state index is 0.0817. The average Bonchev–Trinajstić information content (AvgIpc) is 3.23. The van der Waals surface area contributed by atoms with E-state index in [9.17, 15) is 18.5 Å². The molecule has 0 bridgehead atoms. The molecule has 0 spiro atoms. The quantitative estimate of drug-likeness (QED) is 0.554. The predicted octanol–water partition coefficient (Wildman–Crippen LogP) is 4.10. The lowest BCUT2D eigenvalue weighted by Gasteiger charge is -2.33. The minimum Gasteiger partial charge on any atom is -0.444 e. The second-order valence-electron chi connectivity index (χ2n) is 9.32. The van der Waals surface area contributed by atoms with Gasteiger partial charge in [-0.3, -0.25) is 3.97 Å². The topological polar surface area (TPSA) is 104 Å². The Morgan fingerprint density at radius 1 is 1.09 bits per heavy atom. The van der Waals surface area contributed by atoms with Gasteiger partial charge in [0.2, 0.25) is 0 Å². The van der Waals surface area contributed by atoms with Crippen molar-refractivity contribution in [3.8, 4) is 6.07 Å². The van der Waals surface area contributed by atoms with Crippen LogP contribution in [0.15, 0.2) is 64.5 Å². The molecule has 1 saturated heterocycles. The number of aromatic nitrogens is 1. The van der Waals surface area contributed by atoms with Crippen LogP contribution in [0.4, 0.5) is 4.79 Å². The smallest absolute Gasteiger partial charge is 0.410 e. The van der Waals surface area contributed by atoms with Crippen molar-refractivity contribution in [3.05, 3.63) is 60.3 Å². The van der Waals surface area contributed by atoms with Crippen molar-refractivity contribution < 1.29 is 17.9 Å². The van der Waals surface area contributed by atoms with Crippen LogP contribution >= 0.6 is 0 Å². The molecule has 184 valence electrons. The number of carbonyl (C=O) groups is 1. The van der Waals surface area contributed by atoms with Crippen molar-refractivity contribution in [2.75, 3.05) is 13.1 Å². The molecule has 1 aromatic heterocycles. The zero-order chi connectivity index (χ0) is 25.2. The van der Waals surface area contributed by atoms with Gasteiger partial charge in [0.1, 0.15) is 16.6 Å². The van der Waals surface area contributed by atoms with Crippen LogP contribution in [0.3, 0.4) is 0 Å². The number of nitrogens with one attached hydrogen (secondary N) is 1. The molecule has 1 aliphatic rings. The SMILES string of the molecule is CC(C)(C)OC(=O)N1CCC(NS(=O)c2cn(S(=O)c3ccccc3)c3cccc(C#N)c23)CC1. The number of carbonyl (C=O) groups excluding carboxylic acids is 1. The Morgan fingerprint density at radius 2 is 1.77 bits per heavy atom. The second-order valence-corrected chi connectivity index (χ2v) is 11.9. The minimum atomic E-state index is -1.65. The number of likely N-dealkylation sites (tertiary alicyclic amines) is 1. The third-order valence-electron chi connectivity index (χ3n) is 5.62. The first-order valence-electron chi connectivity index (χ1n) is 11.4. The number of fused-ring (bicyclic) bond motifs is 1. The Labute approximate surface area is 210 Å². The van der Waals surface area contributed by atoms with Crippen molar-refractivity contribution in [3.63, 3.8) is 0 Å². The summed E-state index contributed by atoms with van der Waals surface area (Å²) in [6.07, 6.45) is 2.49. The Hall–Kier alpha value is -3.00. The maximum atomic E-state index is 13.4. The van der Waals surface area contributed by atoms with Gasteiger partial charge >= 0.3 is 6.09 Å². The summed E-state index contributed by atoms with van der Waals surface area (Å²) in [5, 5.41) is 10.2. The highest BCUT2D eigenvalue weighted by molar-refractivity contribution is 7.84. The van der Waals surface area contributed by atoms with Crippen LogP contribution in [-0.4, -0.2) is 48.1 Å². The third kappa shape index (κ3) is 5.64. The fourth-order valence-corrected chi connectivity index (χ4v) is 6.45. The van der Waals surface area contributed by atoms with Crippen LogP contribution in [0.2, 0.25) is 0 Å². The lowest BCUT2D eigenvalue weighted by Crippen LogP contribution is -2.46. The van der Waals surface area contributed by atoms with E-state index in [2.05, 4.69) is 10.8 Å². The summed E-state index contributed by atoms with van der Waals surface area (Å²) in [5.41, 5.74) is 0.396. The molecule has 0 aliphatic carbocycles. The van der Waals surface area contributed by atoms with E-state index in [4.69, 9.17) is 4.74 Å². The maximum Gasteiger partial charge on any atom is 0.410 e. The maximum absolute atomic E-state index is 13.4. The molecule has 4 rings (SSSR count). The van der Waals surface area contributed by atoms with Gasteiger partial charge in [-0.1, -0.05) is 24.3 Å². The van der Waals surface area contributed by atoms with Crippen LogP contribution in [-0.2, 0) is 26.7 Å². The molecule has 2 atom stereocenters. The van der Waals surface area contributed by atoms with Crippen molar-refractivity contribution in [2.24, 2.45) is 0 Å². The summed E-state index contributed by atoms with van der Waals surface area (Å²) in [4.78, 5) is 15.0. The number of ether oxygens (including phenoxy) is 1. The van der Waals surface area contributed by atoms with Gasteiger partial charge in [0.15, 0.2) is 11.0 Å². The van der Waals surface area contributed by atoms with Gasteiger partial charge in [0, 0.05) is 30.7 Å². The lowest BCUT2D eigenvalue weighted by atomic mass is 10.1. The number of hydrogen-bond acceptors (Lipinski definition) is 5. The summed E-state index contributed by atoms with van der Waals surface area (Å²) in [7, 11) is -3.21. The number of benzene rings is 2. The third-order valence-corrected chi connectivity index (χ3v) is 8.22. The van der Waals surface area contributed by atoms with E-state index in [-0.39, 0.29) is 12.1 Å². The van der Waals surface area contributed by atoms with Gasteiger partial charge in [-0.15, -0.1) is 0 Å². The molecule has 8 nitrogen and oxygen atoms in total. The molecule has 1 fully saturated rings. The Bertz CT molecular complexity index is 1320. The molecule has 3 aromatic rings. The molecule has 35 heavy (non-hydrogen) atoms. The molecule has 1 N–H and O–H groups in total. The van der Waals surface area contributed by atoms with E-state index in [0.29, 0.717) is 52.2 Å². The number of piperidine rings is 1. The van der Waals surface area contributed by atoms with Gasteiger partial charge in [-0.2, -0.15) is 5.26 Å². The van der Waals surface area contributed by atoms with E-state index in [1.165, 1.54) is 0 Å². The van der Waals surface area contributed by atoms with Crippen LogP contribution in [0, 0.1) is 11.3 Å². The van der Waals surface area contributed by atoms with Crippen LogP contribution in [0.25, 0.3) is 10.9 Å². The zero-order valence-electron chi connectivity index (χ0n) is 19.9. The van der Waals surface area contributed by atoms with Gasteiger partial charge in [-0.05, 0) is 57.9 Å². The van der Waals surface area contributed by atoms with Gasteiger partial charge in [0.25, 0.3) is 0 Å². The molecular formula is C25H28N4O4S2. The molecule has 2 heterocycles. The first-order chi connectivity index (χ1) is 16.7. The number of rotatable bonds is 5. The van der Waals surface area contributed by atoms with Crippen molar-refractivity contribution in [1.82, 2.24) is 13.6 Å². The highest BCUT2D eigenvalue weighted by Crippen LogP contribution is 2.29. The number of hydrogen-bond donors (Lipinski definition) is 1. The van der Waals surface area contributed by atoms with E-state index in [1.807, 2.05) is 39.0 Å². The highest BCUT2D eigenvalue weighted by atomic mass is 32.2. The molecule has 2 unspecified atom stereocenters. The molecule has 2 aromatic carbocycles. The van der Waals surface area contributed by atoms with Crippen molar-refractivity contribution in [2.45, 2.75) is 55.0 Å². The van der Waals surface area contributed by atoms with Crippen molar-refractivity contribution in [1.29, 1.82) is 5.26 Å². The fraction of sp³-hybridized carbons (Fsp3) is 0.360. The lowest BCUT2D eigenvalue weighted by molar-refractivity contribution is 0.0204. The Morgan fingerprint density at radius 3 is 2.40 bits per heavy atom. The van der Waals surface area contributed by atoms with E-state index >= 15 is 0 Å². The van der Waals surface area contributed by atoms with Gasteiger partial charge in [-0.25, -0.2) is 17.9 Å². The summed E-state index contributed by atoms with van der Waals surface area (Å²) in [6.45, 7) is 6.48. The number of nitriles is 1. The molecular weight excluding hydrogens is 484 g/mol. The van der Waals surface area contributed by atoms with Gasteiger partial charge in [0.05, 0.1) is 26.9 Å². The number of amides is 1. The fourth-order valence-electron chi connectivity index (χ4n) is 3.97. The average molecular weight is 513 g/mol. The molecule has 1 amide bonds. The van der Waals surface area contributed by atoms with Crippen LogP contribution < -0.4 is 4.72 Å². The normalized spacial score (nSPS) is 16.6. The Kier molecular flexibility index (Phi) is 7.40. The Balaban J connectivity index is 1.55. The summed E-state index contributed by atoms with van der Waals surface area (Å²) in [5.74, 6) is 0. The van der Waals surface area contributed by atoms with E-state index in [0.717, 1.165) is 0 Å². The van der Waals surface area contributed by atoms with Crippen LogP contribution in [0.5, 0.6) is 0 Å². The number of nitrogens with zero attached hydrogens (tertiary/aromatic N) is 3. The van der Waals surface area contributed by atoms with Crippen LogP contribution in [0.1, 0.15) is 39.2 Å². The molecule has 0 saturated carbocycles. The highest BCUT2D eigenvalue weighted by Gasteiger charge is 2.28. The molecule has 0 radical (unpaired) electrons. The first kappa shape index (κ1) is 25.1. The zero-order valence-corrected chi connectivity index (χ0v) is 21.5. The van der Waals surface area contributed by atoms with E-state index in [1.54, 1.807) is 45.4 Å². The first-order valence-corrected chi connectivity index (χ1v) is 13.6. The predicted molar refractivity (Wildman–Crippen MR) is 135 cm³/mol. The largest absolute Gasteiger partial charge is 0.444 e. The summed E-state index contributed by atoms with van der Waals surface area (Å²) in [6, 6.07) is 16.3. The molecule has 10 heteroatoms. The molecule has 1 aliphatic heterocycles. The summed E-state index contributed by atoms with van der Waals surface area (Å²) >= 11 is 0. The van der Waals surface area contributed by atoms with Gasteiger partial charge < -0.3 is 9.64 Å². The standard InChI is InChI=1S/C25H28N4O4S2/c1-25(2,3)33-24(30)28-14-12-19(13-15-28)27-34(31)22-17-29(35(32)20-9-5-4-6-10-20)21-11-7-8-18(16-26)23(21)22/h4-11,17,19,27H,12-15H2,1-3H3. The van der Waals surface area contributed by atoms with E-state index < -0.39 is 27.6 Å². The monoisotopic (exact) mass is 512 g/mol.